The molecule has 5 heteroatoms. The van der Waals surface area contributed by atoms with E-state index in [2.05, 4.69) is 15.5 Å². The minimum atomic E-state index is -0.285. The van der Waals surface area contributed by atoms with Crippen molar-refractivity contribution in [3.63, 3.8) is 0 Å². The highest BCUT2D eigenvalue weighted by molar-refractivity contribution is 6.04. The van der Waals surface area contributed by atoms with Crippen LogP contribution in [0.2, 0.25) is 0 Å². The summed E-state index contributed by atoms with van der Waals surface area (Å²) < 4.78 is 5.11. The standard InChI is InChI=1S/C15H11N3O2/c19-14(12-7-4-8-16-9-12)18-15-13(10-17-20-15)11-5-2-1-3-6-11/h1-10H,(H,18,19). The van der Waals surface area contributed by atoms with Crippen LogP contribution < -0.4 is 5.32 Å². The Labute approximate surface area is 115 Å². The van der Waals surface area contributed by atoms with E-state index < -0.39 is 0 Å². The maximum Gasteiger partial charge on any atom is 0.259 e. The van der Waals surface area contributed by atoms with Crippen LogP contribution in [0.3, 0.4) is 0 Å². The van der Waals surface area contributed by atoms with E-state index in [1.54, 1.807) is 24.5 Å². The molecule has 1 aromatic carbocycles. The molecular weight excluding hydrogens is 254 g/mol. The molecule has 0 saturated carbocycles. The van der Waals surface area contributed by atoms with Gasteiger partial charge in [0, 0.05) is 12.4 Å². The van der Waals surface area contributed by atoms with Crippen molar-refractivity contribution in [1.29, 1.82) is 0 Å². The lowest BCUT2D eigenvalue weighted by Crippen LogP contribution is -2.12. The Morgan fingerprint density at radius 3 is 2.65 bits per heavy atom. The molecule has 0 aliphatic heterocycles. The number of nitrogens with zero attached hydrogens (tertiary/aromatic N) is 2. The number of hydrogen-bond donors (Lipinski definition) is 1. The second-order valence-electron chi connectivity index (χ2n) is 4.13. The third-order valence-electron chi connectivity index (χ3n) is 2.81. The number of rotatable bonds is 3. The molecule has 2 heterocycles. The van der Waals surface area contributed by atoms with Crippen molar-refractivity contribution in [1.82, 2.24) is 10.1 Å². The Morgan fingerprint density at radius 1 is 1.05 bits per heavy atom. The quantitative estimate of drug-likeness (QED) is 0.790. The van der Waals surface area contributed by atoms with Crippen molar-refractivity contribution in [2.75, 3.05) is 5.32 Å². The Morgan fingerprint density at radius 2 is 1.90 bits per heavy atom. The predicted octanol–water partition coefficient (Wildman–Crippen LogP) is 2.99. The zero-order chi connectivity index (χ0) is 13.8. The average molecular weight is 265 g/mol. The number of aromatic nitrogens is 2. The molecular formula is C15H11N3O2. The van der Waals surface area contributed by atoms with Gasteiger partial charge < -0.3 is 4.52 Å². The predicted molar refractivity (Wildman–Crippen MR) is 74.1 cm³/mol. The zero-order valence-electron chi connectivity index (χ0n) is 10.5. The summed E-state index contributed by atoms with van der Waals surface area (Å²) in [5.41, 5.74) is 2.13. The van der Waals surface area contributed by atoms with E-state index in [0.29, 0.717) is 11.4 Å². The molecule has 0 saturated heterocycles. The molecule has 0 spiro atoms. The zero-order valence-corrected chi connectivity index (χ0v) is 10.5. The van der Waals surface area contributed by atoms with Crippen molar-refractivity contribution >= 4 is 11.8 Å². The molecule has 0 unspecified atom stereocenters. The van der Waals surface area contributed by atoms with Crippen LogP contribution in [0.1, 0.15) is 10.4 Å². The van der Waals surface area contributed by atoms with Crippen LogP contribution in [0, 0.1) is 0 Å². The van der Waals surface area contributed by atoms with Crippen LogP contribution in [0.25, 0.3) is 11.1 Å². The molecule has 3 aromatic rings. The van der Waals surface area contributed by atoms with Crippen LogP contribution in [0.4, 0.5) is 5.88 Å². The number of carbonyl (C=O) groups is 1. The number of hydrogen-bond acceptors (Lipinski definition) is 4. The van der Waals surface area contributed by atoms with Crippen molar-refractivity contribution < 1.29 is 9.32 Å². The molecule has 98 valence electrons. The molecule has 1 amide bonds. The average Bonchev–Trinajstić information content (AvgIpc) is 2.97. The molecule has 20 heavy (non-hydrogen) atoms. The summed E-state index contributed by atoms with van der Waals surface area (Å²) in [6.07, 6.45) is 4.68. The minimum absolute atomic E-state index is 0.285. The molecule has 0 atom stereocenters. The Kier molecular flexibility index (Phi) is 3.24. The van der Waals surface area contributed by atoms with Gasteiger partial charge in [0.25, 0.3) is 5.91 Å². The summed E-state index contributed by atoms with van der Waals surface area (Å²) in [7, 11) is 0. The van der Waals surface area contributed by atoms with Crippen LogP contribution in [0.15, 0.2) is 65.6 Å². The monoisotopic (exact) mass is 265 g/mol. The van der Waals surface area contributed by atoms with Gasteiger partial charge in [-0.1, -0.05) is 35.5 Å². The van der Waals surface area contributed by atoms with Crippen LogP contribution in [-0.2, 0) is 0 Å². The lowest BCUT2D eigenvalue weighted by molar-refractivity contribution is 0.102. The van der Waals surface area contributed by atoms with Gasteiger partial charge in [-0.3, -0.25) is 15.1 Å². The number of pyridine rings is 1. The van der Waals surface area contributed by atoms with Gasteiger partial charge in [0.15, 0.2) is 0 Å². The van der Waals surface area contributed by atoms with Gasteiger partial charge in [-0.15, -0.1) is 0 Å². The molecule has 0 aliphatic carbocycles. The first-order valence-corrected chi connectivity index (χ1v) is 6.06. The normalized spacial score (nSPS) is 10.2. The minimum Gasteiger partial charge on any atom is -0.338 e. The highest BCUT2D eigenvalue weighted by atomic mass is 16.5. The lowest BCUT2D eigenvalue weighted by atomic mass is 10.1. The van der Waals surface area contributed by atoms with E-state index in [0.717, 1.165) is 11.1 Å². The highest BCUT2D eigenvalue weighted by Gasteiger charge is 2.14. The van der Waals surface area contributed by atoms with Crippen molar-refractivity contribution in [2.24, 2.45) is 0 Å². The SMILES string of the molecule is O=C(Nc1oncc1-c1ccccc1)c1cccnc1. The van der Waals surface area contributed by atoms with Crippen molar-refractivity contribution in [2.45, 2.75) is 0 Å². The van der Waals surface area contributed by atoms with Crippen LogP contribution in [-0.4, -0.2) is 16.0 Å². The molecule has 0 aliphatic rings. The fraction of sp³-hybridized carbons (Fsp3) is 0. The number of carbonyl (C=O) groups excluding carboxylic acids is 1. The lowest BCUT2D eigenvalue weighted by Gasteiger charge is -2.03. The van der Waals surface area contributed by atoms with Gasteiger partial charge in [0.05, 0.1) is 17.3 Å². The Hall–Kier alpha value is -2.95. The Bertz CT molecular complexity index is 708. The fourth-order valence-corrected chi connectivity index (χ4v) is 1.83. The third kappa shape index (κ3) is 2.42. The van der Waals surface area contributed by atoms with Gasteiger partial charge in [0.1, 0.15) is 0 Å². The molecule has 0 radical (unpaired) electrons. The van der Waals surface area contributed by atoms with E-state index in [9.17, 15) is 4.79 Å². The maximum atomic E-state index is 12.1. The first kappa shape index (κ1) is 12.1. The molecule has 0 fully saturated rings. The van der Waals surface area contributed by atoms with Gasteiger partial charge in [-0.05, 0) is 17.7 Å². The van der Waals surface area contributed by atoms with Gasteiger partial charge >= 0.3 is 0 Å². The first-order chi connectivity index (χ1) is 9.84. The van der Waals surface area contributed by atoms with Gasteiger partial charge in [-0.25, -0.2) is 0 Å². The van der Waals surface area contributed by atoms with E-state index in [4.69, 9.17) is 4.52 Å². The summed E-state index contributed by atoms with van der Waals surface area (Å²) in [6, 6.07) is 13.0. The second kappa shape index (κ2) is 5.36. The summed E-state index contributed by atoms with van der Waals surface area (Å²) in [5, 5.41) is 6.44. The van der Waals surface area contributed by atoms with Crippen LogP contribution in [0.5, 0.6) is 0 Å². The largest absolute Gasteiger partial charge is 0.338 e. The summed E-state index contributed by atoms with van der Waals surface area (Å²) in [6.45, 7) is 0. The Balaban J connectivity index is 1.86. The number of anilines is 1. The highest BCUT2D eigenvalue weighted by Crippen LogP contribution is 2.27. The maximum absolute atomic E-state index is 12.1. The summed E-state index contributed by atoms with van der Waals surface area (Å²) in [5.74, 6) is 0.0390. The molecule has 5 nitrogen and oxygen atoms in total. The second-order valence-corrected chi connectivity index (χ2v) is 4.13. The van der Waals surface area contributed by atoms with E-state index in [1.807, 2.05) is 30.3 Å². The first-order valence-electron chi connectivity index (χ1n) is 6.06. The number of nitrogens with one attached hydrogen (secondary N) is 1. The number of benzene rings is 1. The van der Waals surface area contributed by atoms with E-state index in [1.165, 1.54) is 6.20 Å². The van der Waals surface area contributed by atoms with E-state index in [-0.39, 0.29) is 5.91 Å². The molecule has 0 bridgehead atoms. The summed E-state index contributed by atoms with van der Waals surface area (Å²) >= 11 is 0. The number of amides is 1. The summed E-state index contributed by atoms with van der Waals surface area (Å²) in [4.78, 5) is 16.0. The van der Waals surface area contributed by atoms with Crippen LogP contribution >= 0.6 is 0 Å². The topological polar surface area (TPSA) is 68.0 Å². The van der Waals surface area contributed by atoms with Crippen molar-refractivity contribution in [3.8, 4) is 11.1 Å². The van der Waals surface area contributed by atoms with Gasteiger partial charge in [0.2, 0.25) is 5.88 Å². The molecule has 1 N–H and O–H groups in total. The third-order valence-corrected chi connectivity index (χ3v) is 2.81. The smallest absolute Gasteiger partial charge is 0.259 e. The van der Waals surface area contributed by atoms with Crippen molar-refractivity contribution in [3.05, 3.63) is 66.6 Å². The molecule has 3 rings (SSSR count). The molecule has 2 aromatic heterocycles. The van der Waals surface area contributed by atoms with Gasteiger partial charge in [-0.2, -0.15) is 0 Å². The fourth-order valence-electron chi connectivity index (χ4n) is 1.83. The van der Waals surface area contributed by atoms with E-state index >= 15 is 0 Å².